The van der Waals surface area contributed by atoms with E-state index >= 15 is 0 Å². The van der Waals surface area contributed by atoms with E-state index in [9.17, 15) is 35.9 Å². The van der Waals surface area contributed by atoms with Crippen LogP contribution in [0.5, 0.6) is 0 Å². The highest BCUT2D eigenvalue weighted by molar-refractivity contribution is 5.97. The number of carbonyl (C=O) groups excluding carboxylic acids is 2. The normalized spacial score (nSPS) is 12.4. The second kappa shape index (κ2) is 8.32. The Kier molecular flexibility index (Phi) is 6.32. The van der Waals surface area contributed by atoms with Crippen LogP contribution in [-0.4, -0.2) is 25.0 Å². The van der Waals surface area contributed by atoms with E-state index in [-0.39, 0.29) is 17.7 Å². The zero-order valence-electron chi connectivity index (χ0n) is 14.2. The van der Waals surface area contributed by atoms with Crippen molar-refractivity contribution in [1.82, 2.24) is 5.32 Å². The van der Waals surface area contributed by atoms with Gasteiger partial charge in [0, 0.05) is 18.6 Å². The summed E-state index contributed by atoms with van der Waals surface area (Å²) in [4.78, 5) is 24.1. The molecule has 0 aromatic heterocycles. The fourth-order valence-electron chi connectivity index (χ4n) is 2.52. The number of alkyl halides is 3. The molecule has 0 aliphatic heterocycles. The number of carbonyl (C=O) groups is 2. The molecule has 0 unspecified atom stereocenters. The van der Waals surface area contributed by atoms with Crippen LogP contribution in [0.25, 0.3) is 0 Å². The van der Waals surface area contributed by atoms with E-state index in [1.54, 1.807) is 0 Å². The van der Waals surface area contributed by atoms with E-state index in [4.69, 9.17) is 0 Å². The molecule has 0 saturated heterocycles. The van der Waals surface area contributed by atoms with Crippen LogP contribution >= 0.6 is 0 Å². The van der Waals surface area contributed by atoms with Crippen molar-refractivity contribution in [2.75, 3.05) is 7.11 Å². The number of hydrogen-bond donors (Lipinski definition) is 1. The molecule has 0 fully saturated rings. The molecule has 2 aromatic rings. The van der Waals surface area contributed by atoms with E-state index in [2.05, 4.69) is 4.74 Å². The first-order chi connectivity index (χ1) is 13.0. The third kappa shape index (κ3) is 4.81. The van der Waals surface area contributed by atoms with Gasteiger partial charge >= 0.3 is 12.1 Å². The van der Waals surface area contributed by atoms with Gasteiger partial charge in [-0.05, 0) is 11.6 Å². The number of hydrogen-bond acceptors (Lipinski definition) is 3. The van der Waals surface area contributed by atoms with Crippen molar-refractivity contribution in [3.05, 3.63) is 70.5 Å². The molecule has 0 heterocycles. The van der Waals surface area contributed by atoms with Crippen LogP contribution in [0.15, 0.2) is 36.4 Å². The average molecular weight is 405 g/mol. The van der Waals surface area contributed by atoms with Crippen molar-refractivity contribution in [2.24, 2.45) is 0 Å². The van der Waals surface area contributed by atoms with Gasteiger partial charge < -0.3 is 10.1 Å². The zero-order chi connectivity index (χ0) is 21.1. The minimum atomic E-state index is -4.73. The Balaban J connectivity index is 2.35. The molecule has 0 radical (unpaired) electrons. The minimum Gasteiger partial charge on any atom is -0.467 e. The predicted octanol–water partition coefficient (Wildman–Crippen LogP) is 3.64. The number of nitrogens with one attached hydrogen (secondary N) is 1. The summed E-state index contributed by atoms with van der Waals surface area (Å²) in [5.41, 5.74) is -2.57. The Labute approximate surface area is 155 Å². The Morgan fingerprint density at radius 2 is 1.64 bits per heavy atom. The smallest absolute Gasteiger partial charge is 0.416 e. The lowest BCUT2D eigenvalue weighted by Gasteiger charge is -2.19. The number of ether oxygens (including phenoxy) is 1. The first-order valence-electron chi connectivity index (χ1n) is 7.73. The Hall–Kier alpha value is -3.04. The van der Waals surface area contributed by atoms with Crippen LogP contribution in [-0.2, 0) is 22.1 Å². The highest BCUT2D eigenvalue weighted by Gasteiger charge is 2.35. The van der Waals surface area contributed by atoms with Crippen LogP contribution in [0.3, 0.4) is 0 Å². The molecule has 2 rings (SSSR count). The first kappa shape index (κ1) is 21.3. The van der Waals surface area contributed by atoms with Gasteiger partial charge in [0.25, 0.3) is 5.91 Å². The molecule has 150 valence electrons. The molecule has 1 N–H and O–H groups in total. The highest BCUT2D eigenvalue weighted by atomic mass is 19.4. The molecule has 0 saturated carbocycles. The van der Waals surface area contributed by atoms with Gasteiger partial charge in [0.15, 0.2) is 0 Å². The molecule has 0 aliphatic carbocycles. The Bertz CT molecular complexity index is 874. The number of halogens is 6. The van der Waals surface area contributed by atoms with Crippen LogP contribution < -0.4 is 5.32 Å². The lowest BCUT2D eigenvalue weighted by Crippen LogP contribution is -2.44. The van der Waals surface area contributed by atoms with E-state index in [1.807, 2.05) is 5.32 Å². The van der Waals surface area contributed by atoms with Crippen LogP contribution in [0.1, 0.15) is 21.5 Å². The predicted molar refractivity (Wildman–Crippen MR) is 84.7 cm³/mol. The molecule has 2 aromatic carbocycles. The molecule has 4 nitrogen and oxygen atoms in total. The summed E-state index contributed by atoms with van der Waals surface area (Å²) in [5.74, 6) is -6.91. The second-order valence-corrected chi connectivity index (χ2v) is 5.65. The van der Waals surface area contributed by atoms with Gasteiger partial charge in [-0.1, -0.05) is 18.2 Å². The van der Waals surface area contributed by atoms with Crippen molar-refractivity contribution < 1.29 is 40.7 Å². The molecule has 0 spiro atoms. The van der Waals surface area contributed by atoms with Crippen LogP contribution in [0.4, 0.5) is 26.3 Å². The molecule has 1 amide bonds. The summed E-state index contributed by atoms with van der Waals surface area (Å²) < 4.78 is 84.2. The SMILES string of the molecule is COC(=O)[C@H](Cc1ccccc1C(F)(F)F)NC(=O)c1c(F)cc(F)cc1F. The zero-order valence-corrected chi connectivity index (χ0v) is 14.2. The number of benzene rings is 2. The maximum absolute atomic E-state index is 13.7. The molecular weight excluding hydrogens is 392 g/mol. The van der Waals surface area contributed by atoms with Crippen molar-refractivity contribution in [3.63, 3.8) is 0 Å². The van der Waals surface area contributed by atoms with Gasteiger partial charge in [-0.15, -0.1) is 0 Å². The fourth-order valence-corrected chi connectivity index (χ4v) is 2.52. The monoisotopic (exact) mass is 405 g/mol. The molecule has 0 bridgehead atoms. The standard InChI is InChI=1S/C18H13F6NO3/c1-28-17(27)14(6-9-4-2-3-5-11(9)18(22,23)24)25-16(26)15-12(20)7-10(19)8-13(15)21/h2-5,7-8,14H,6H2,1H3,(H,25,26)/t14-/m0/s1. The van der Waals surface area contributed by atoms with Gasteiger partial charge in [-0.3, -0.25) is 4.79 Å². The van der Waals surface area contributed by atoms with Crippen molar-refractivity contribution >= 4 is 11.9 Å². The van der Waals surface area contributed by atoms with E-state index in [0.29, 0.717) is 0 Å². The maximum Gasteiger partial charge on any atom is 0.416 e. The number of methoxy groups -OCH3 is 1. The van der Waals surface area contributed by atoms with Gasteiger partial charge in [-0.25, -0.2) is 18.0 Å². The van der Waals surface area contributed by atoms with Crippen molar-refractivity contribution in [3.8, 4) is 0 Å². The summed E-state index contributed by atoms with van der Waals surface area (Å²) in [5, 5.41) is 1.93. The number of esters is 1. The minimum absolute atomic E-state index is 0.254. The maximum atomic E-state index is 13.7. The van der Waals surface area contributed by atoms with Crippen molar-refractivity contribution in [2.45, 2.75) is 18.6 Å². The lowest BCUT2D eigenvalue weighted by atomic mass is 9.99. The summed E-state index contributed by atoms with van der Waals surface area (Å²) in [6.45, 7) is 0. The fraction of sp³-hybridized carbons (Fsp3) is 0.222. The second-order valence-electron chi connectivity index (χ2n) is 5.65. The summed E-state index contributed by atoms with van der Waals surface area (Å²) in [6.07, 6.45) is -5.38. The van der Waals surface area contributed by atoms with Gasteiger partial charge in [0.1, 0.15) is 29.1 Å². The topological polar surface area (TPSA) is 55.4 Å². The number of amides is 1. The third-order valence-corrected chi connectivity index (χ3v) is 3.77. The number of rotatable bonds is 5. The Morgan fingerprint density at radius 1 is 1.07 bits per heavy atom. The van der Waals surface area contributed by atoms with Gasteiger partial charge in [-0.2, -0.15) is 13.2 Å². The molecule has 0 aliphatic rings. The average Bonchev–Trinajstić information content (AvgIpc) is 2.59. The lowest BCUT2D eigenvalue weighted by molar-refractivity contribution is -0.144. The van der Waals surface area contributed by atoms with Gasteiger partial charge in [0.2, 0.25) is 0 Å². The summed E-state index contributed by atoms with van der Waals surface area (Å²) >= 11 is 0. The molecule has 28 heavy (non-hydrogen) atoms. The van der Waals surface area contributed by atoms with E-state index in [1.165, 1.54) is 6.07 Å². The van der Waals surface area contributed by atoms with Crippen LogP contribution in [0, 0.1) is 17.5 Å². The highest BCUT2D eigenvalue weighted by Crippen LogP contribution is 2.32. The van der Waals surface area contributed by atoms with Crippen LogP contribution in [0.2, 0.25) is 0 Å². The van der Waals surface area contributed by atoms with E-state index < -0.39 is 59.1 Å². The largest absolute Gasteiger partial charge is 0.467 e. The molecular formula is C18H13F6NO3. The quantitative estimate of drug-likeness (QED) is 0.611. The van der Waals surface area contributed by atoms with E-state index in [0.717, 1.165) is 25.3 Å². The third-order valence-electron chi connectivity index (χ3n) is 3.77. The molecule has 1 atom stereocenters. The Morgan fingerprint density at radius 3 is 2.18 bits per heavy atom. The first-order valence-corrected chi connectivity index (χ1v) is 7.73. The van der Waals surface area contributed by atoms with Crippen molar-refractivity contribution in [1.29, 1.82) is 0 Å². The summed E-state index contributed by atoms with van der Waals surface area (Å²) in [6, 6.07) is 3.13. The van der Waals surface area contributed by atoms with Gasteiger partial charge in [0.05, 0.1) is 12.7 Å². The summed E-state index contributed by atoms with van der Waals surface area (Å²) in [7, 11) is 0.927. The molecule has 10 heteroatoms.